The molecule has 1 aliphatic rings. The molecule has 1 saturated heterocycles. The van der Waals surface area contributed by atoms with Crippen molar-refractivity contribution >= 4 is 17.0 Å². The third-order valence-corrected chi connectivity index (χ3v) is 6.38. The Morgan fingerprint density at radius 1 is 1.39 bits per heavy atom. The number of hydrogen-bond acceptors (Lipinski definition) is 7. The maximum absolute atomic E-state index is 14.3. The van der Waals surface area contributed by atoms with Crippen molar-refractivity contribution in [2.45, 2.75) is 44.3 Å². The molecular weight excluding hydrogens is 424 g/mol. The normalized spacial score (nSPS) is 22.8. The molecule has 1 aliphatic heterocycles. The molecule has 4 N–H and O–H groups in total. The average molecular weight is 450 g/mol. The van der Waals surface area contributed by atoms with Crippen LogP contribution in [0.5, 0.6) is 0 Å². The number of aryl methyl sites for hydroxylation is 2. The number of benzene rings is 1. The number of hydrogen-bond donors (Lipinski definition) is 3. The summed E-state index contributed by atoms with van der Waals surface area (Å²) in [6.45, 7) is 1.73. The minimum absolute atomic E-state index is 0.0869. The van der Waals surface area contributed by atoms with Gasteiger partial charge in [0.15, 0.2) is 6.23 Å². The van der Waals surface area contributed by atoms with E-state index in [1.165, 1.54) is 17.4 Å². The fourth-order valence-electron chi connectivity index (χ4n) is 3.75. The van der Waals surface area contributed by atoms with Gasteiger partial charge in [0, 0.05) is 24.0 Å². The van der Waals surface area contributed by atoms with Gasteiger partial charge < -0.3 is 20.9 Å². The number of alkyl halides is 1. The van der Waals surface area contributed by atoms with Crippen LogP contribution in [-0.4, -0.2) is 38.7 Å². The Balaban J connectivity index is 1.54. The van der Waals surface area contributed by atoms with Crippen molar-refractivity contribution in [2.75, 3.05) is 11.9 Å². The van der Waals surface area contributed by atoms with Crippen molar-refractivity contribution in [3.63, 3.8) is 0 Å². The van der Waals surface area contributed by atoms with Gasteiger partial charge in [-0.3, -0.25) is 4.68 Å². The van der Waals surface area contributed by atoms with E-state index in [0.717, 1.165) is 5.56 Å². The predicted molar refractivity (Wildman–Crippen MR) is 115 cm³/mol. The van der Waals surface area contributed by atoms with E-state index in [1.807, 2.05) is 13.0 Å². The summed E-state index contributed by atoms with van der Waals surface area (Å²) in [5, 5.41) is 20.2. The van der Waals surface area contributed by atoms with Gasteiger partial charge in [-0.2, -0.15) is 5.10 Å². The smallest absolute Gasteiger partial charge is 0.169 e. The lowest BCUT2D eigenvalue weighted by Gasteiger charge is -2.19. The molecular formula is C21H25F2N5O2S. The largest absolute Gasteiger partial charge is 0.369 e. The highest BCUT2D eigenvalue weighted by Gasteiger charge is 2.30. The lowest BCUT2D eigenvalue weighted by molar-refractivity contribution is 0.0246. The molecule has 0 aliphatic carbocycles. The molecule has 0 amide bonds. The minimum Gasteiger partial charge on any atom is -0.369 e. The van der Waals surface area contributed by atoms with Crippen LogP contribution in [-0.2, 0) is 11.8 Å². The zero-order chi connectivity index (χ0) is 22.1. The summed E-state index contributed by atoms with van der Waals surface area (Å²) >= 11 is 1.26. The second kappa shape index (κ2) is 8.99. The van der Waals surface area contributed by atoms with E-state index in [2.05, 4.69) is 15.4 Å². The zero-order valence-corrected chi connectivity index (χ0v) is 18.1. The molecule has 2 aromatic heterocycles. The molecule has 1 unspecified atom stereocenters. The molecule has 3 aromatic rings. The maximum Gasteiger partial charge on any atom is 0.169 e. The van der Waals surface area contributed by atoms with Crippen LogP contribution in [0.15, 0.2) is 29.8 Å². The highest BCUT2D eigenvalue weighted by molar-refractivity contribution is 7.13. The summed E-state index contributed by atoms with van der Waals surface area (Å²) in [5.41, 5.74) is 8.65. The minimum atomic E-state index is -1.21. The zero-order valence-electron chi connectivity index (χ0n) is 17.3. The molecule has 0 saturated carbocycles. The quantitative estimate of drug-likeness (QED) is 0.515. The van der Waals surface area contributed by atoms with Crippen LogP contribution in [0.4, 0.5) is 14.5 Å². The summed E-state index contributed by atoms with van der Waals surface area (Å²) < 4.78 is 35.6. The number of ether oxygens (including phenoxy) is 1. The van der Waals surface area contributed by atoms with E-state index in [1.54, 1.807) is 29.4 Å². The molecule has 4 rings (SSSR count). The Kier molecular flexibility index (Phi) is 6.33. The van der Waals surface area contributed by atoms with Gasteiger partial charge in [-0.1, -0.05) is 12.1 Å². The number of nitrogens with two attached hydrogens (primary N) is 1. The molecule has 0 bridgehead atoms. The van der Waals surface area contributed by atoms with Gasteiger partial charge in [-0.25, -0.2) is 13.8 Å². The lowest BCUT2D eigenvalue weighted by Crippen LogP contribution is -2.32. The van der Waals surface area contributed by atoms with Crippen molar-refractivity contribution in [3.05, 3.63) is 52.5 Å². The number of anilines is 1. The Morgan fingerprint density at radius 3 is 2.97 bits per heavy atom. The first-order valence-corrected chi connectivity index (χ1v) is 10.9. The molecule has 7 nitrogen and oxygen atoms in total. The number of nitrogens with one attached hydrogen (secondary N) is 1. The number of aliphatic hydroxyl groups excluding tert-OH is 1. The lowest BCUT2D eigenvalue weighted by atomic mass is 10.0. The SMILES string of the molecule is Cc1cccc(F)c1-c1nc(C(O)Nc2cnn(C)c2[C@@H]2CC[C@@H](N)[C@H](F)CO2)cs1. The van der Waals surface area contributed by atoms with Crippen LogP contribution in [0.1, 0.15) is 42.1 Å². The van der Waals surface area contributed by atoms with E-state index in [4.69, 9.17) is 10.5 Å². The Morgan fingerprint density at radius 2 is 2.19 bits per heavy atom. The number of aromatic nitrogens is 3. The molecule has 3 heterocycles. The van der Waals surface area contributed by atoms with E-state index in [-0.39, 0.29) is 12.4 Å². The third-order valence-electron chi connectivity index (χ3n) is 5.50. The van der Waals surface area contributed by atoms with Gasteiger partial charge >= 0.3 is 0 Å². The second-order valence-corrected chi connectivity index (χ2v) is 8.56. The number of thiazole rings is 1. The van der Waals surface area contributed by atoms with Crippen molar-refractivity contribution < 1.29 is 18.6 Å². The van der Waals surface area contributed by atoms with Crippen LogP contribution >= 0.6 is 11.3 Å². The fraction of sp³-hybridized carbons (Fsp3) is 0.429. The predicted octanol–water partition coefficient (Wildman–Crippen LogP) is 3.61. The summed E-state index contributed by atoms with van der Waals surface area (Å²) in [4.78, 5) is 4.42. The molecule has 0 spiro atoms. The van der Waals surface area contributed by atoms with Crippen LogP contribution in [0.2, 0.25) is 0 Å². The van der Waals surface area contributed by atoms with Crippen LogP contribution < -0.4 is 11.1 Å². The third kappa shape index (κ3) is 4.47. The van der Waals surface area contributed by atoms with Gasteiger partial charge in [-0.15, -0.1) is 11.3 Å². The first kappa shape index (κ1) is 21.8. The number of rotatable bonds is 5. The van der Waals surface area contributed by atoms with E-state index in [0.29, 0.717) is 40.5 Å². The fourth-order valence-corrected chi connectivity index (χ4v) is 4.69. The van der Waals surface area contributed by atoms with Crippen molar-refractivity contribution in [2.24, 2.45) is 12.8 Å². The summed E-state index contributed by atoms with van der Waals surface area (Å²) in [6.07, 6.45) is -0.150. The van der Waals surface area contributed by atoms with Gasteiger partial charge in [-0.05, 0) is 31.4 Å². The summed E-state index contributed by atoms with van der Waals surface area (Å²) in [7, 11) is 1.76. The van der Waals surface area contributed by atoms with E-state index < -0.39 is 24.5 Å². The molecule has 31 heavy (non-hydrogen) atoms. The maximum atomic E-state index is 14.3. The van der Waals surface area contributed by atoms with Crippen molar-refractivity contribution in [3.8, 4) is 10.6 Å². The molecule has 166 valence electrons. The highest BCUT2D eigenvalue weighted by Crippen LogP contribution is 2.35. The molecule has 4 atom stereocenters. The number of nitrogens with zero attached hydrogens (tertiary/aromatic N) is 3. The Labute approximate surface area is 182 Å². The van der Waals surface area contributed by atoms with Crippen molar-refractivity contribution in [1.82, 2.24) is 14.8 Å². The van der Waals surface area contributed by atoms with E-state index in [9.17, 15) is 13.9 Å². The average Bonchev–Trinajstić information content (AvgIpc) is 3.31. The Bertz CT molecular complexity index is 1020. The van der Waals surface area contributed by atoms with Gasteiger partial charge in [0.05, 0.1) is 24.2 Å². The topological polar surface area (TPSA) is 98.2 Å². The van der Waals surface area contributed by atoms with Gasteiger partial charge in [0.1, 0.15) is 28.8 Å². The van der Waals surface area contributed by atoms with E-state index >= 15 is 0 Å². The van der Waals surface area contributed by atoms with Crippen LogP contribution in [0.25, 0.3) is 10.6 Å². The molecule has 0 radical (unpaired) electrons. The standard InChI is InChI=1S/C21H25F2N5O2S/c1-11-4-3-5-12(22)18(11)21-27-16(10-31-21)20(29)26-15-8-25-28(2)19(15)17-7-6-14(24)13(23)9-30-17/h3-5,8,10,13-14,17,20,26,29H,6-7,9,24H2,1-2H3/t13-,14-,17+,20?/m1/s1. The molecule has 10 heteroatoms. The van der Waals surface area contributed by atoms with Crippen LogP contribution in [0.3, 0.4) is 0 Å². The number of halogens is 2. The highest BCUT2D eigenvalue weighted by atomic mass is 32.1. The first-order chi connectivity index (χ1) is 14.8. The van der Waals surface area contributed by atoms with Gasteiger partial charge in [0.2, 0.25) is 0 Å². The first-order valence-electron chi connectivity index (χ1n) is 10.0. The van der Waals surface area contributed by atoms with Crippen molar-refractivity contribution in [1.29, 1.82) is 0 Å². The number of aliphatic hydroxyl groups is 1. The summed E-state index contributed by atoms with van der Waals surface area (Å²) in [5.74, 6) is -0.354. The second-order valence-electron chi connectivity index (χ2n) is 7.70. The summed E-state index contributed by atoms with van der Waals surface area (Å²) in [6, 6.07) is 4.30. The molecule has 1 fully saturated rings. The Hall–Kier alpha value is -2.40. The van der Waals surface area contributed by atoms with Crippen LogP contribution in [0, 0.1) is 12.7 Å². The molecule has 1 aromatic carbocycles. The van der Waals surface area contributed by atoms with Gasteiger partial charge in [0.25, 0.3) is 0 Å². The monoisotopic (exact) mass is 449 g/mol.